The van der Waals surface area contributed by atoms with E-state index >= 15 is 0 Å². The molecular formula is C12H23N. The largest absolute Gasteiger partial charge is 0.297 e. The normalized spacial score (nSPS) is 31.2. The SMILES string of the molecule is CC(C)(C)CC1CCCN1C1CC1. The number of hydrogen-bond acceptors (Lipinski definition) is 1. The Labute approximate surface area is 82.5 Å². The Morgan fingerprint density at radius 3 is 2.38 bits per heavy atom. The fourth-order valence-corrected chi connectivity index (χ4v) is 2.67. The summed E-state index contributed by atoms with van der Waals surface area (Å²) < 4.78 is 0. The minimum absolute atomic E-state index is 0.516. The first-order valence-corrected chi connectivity index (χ1v) is 5.82. The molecule has 1 unspecified atom stereocenters. The summed E-state index contributed by atoms with van der Waals surface area (Å²) in [6.45, 7) is 8.49. The Bertz CT molecular complexity index is 176. The van der Waals surface area contributed by atoms with Crippen molar-refractivity contribution in [2.75, 3.05) is 6.54 Å². The van der Waals surface area contributed by atoms with E-state index in [1.165, 1.54) is 38.6 Å². The molecule has 0 N–H and O–H groups in total. The molecule has 1 aliphatic heterocycles. The lowest BCUT2D eigenvalue weighted by Crippen LogP contribution is -2.34. The van der Waals surface area contributed by atoms with E-state index in [-0.39, 0.29) is 0 Å². The van der Waals surface area contributed by atoms with E-state index in [1.807, 2.05) is 0 Å². The third kappa shape index (κ3) is 2.46. The van der Waals surface area contributed by atoms with E-state index in [9.17, 15) is 0 Å². The van der Waals surface area contributed by atoms with Crippen LogP contribution in [0, 0.1) is 5.41 Å². The number of rotatable bonds is 2. The van der Waals surface area contributed by atoms with Gasteiger partial charge in [0.05, 0.1) is 0 Å². The second-order valence-electron chi connectivity index (χ2n) is 6.03. The molecule has 2 rings (SSSR count). The van der Waals surface area contributed by atoms with Crippen LogP contribution in [0.1, 0.15) is 52.9 Å². The van der Waals surface area contributed by atoms with Gasteiger partial charge in [-0.3, -0.25) is 4.90 Å². The van der Waals surface area contributed by atoms with Gasteiger partial charge in [0.2, 0.25) is 0 Å². The van der Waals surface area contributed by atoms with Crippen LogP contribution in [0.2, 0.25) is 0 Å². The molecule has 1 aliphatic carbocycles. The van der Waals surface area contributed by atoms with Crippen LogP contribution in [-0.2, 0) is 0 Å². The quantitative estimate of drug-likeness (QED) is 0.633. The molecule has 1 saturated heterocycles. The zero-order chi connectivity index (χ0) is 9.47. The standard InChI is InChI=1S/C12H23N/c1-12(2,3)9-11-5-4-8-13(11)10-6-7-10/h10-11H,4-9H2,1-3H3. The Morgan fingerprint density at radius 2 is 1.85 bits per heavy atom. The lowest BCUT2D eigenvalue weighted by molar-refractivity contribution is 0.184. The molecule has 2 aliphatic rings. The van der Waals surface area contributed by atoms with Crippen LogP contribution in [0.15, 0.2) is 0 Å². The Kier molecular flexibility index (Phi) is 2.39. The Balaban J connectivity index is 1.89. The van der Waals surface area contributed by atoms with Gasteiger partial charge in [-0.1, -0.05) is 20.8 Å². The molecule has 2 fully saturated rings. The average Bonchev–Trinajstić information content (AvgIpc) is 2.72. The average molecular weight is 181 g/mol. The monoisotopic (exact) mass is 181 g/mol. The molecule has 1 nitrogen and oxygen atoms in total. The highest BCUT2D eigenvalue weighted by atomic mass is 15.2. The van der Waals surface area contributed by atoms with E-state index in [0.717, 1.165) is 12.1 Å². The molecule has 0 bridgehead atoms. The van der Waals surface area contributed by atoms with Crippen LogP contribution in [0.25, 0.3) is 0 Å². The van der Waals surface area contributed by atoms with Gasteiger partial charge in [-0.15, -0.1) is 0 Å². The number of nitrogens with zero attached hydrogens (tertiary/aromatic N) is 1. The van der Waals surface area contributed by atoms with Crippen LogP contribution in [0.5, 0.6) is 0 Å². The van der Waals surface area contributed by atoms with Gasteiger partial charge in [0.1, 0.15) is 0 Å². The lowest BCUT2D eigenvalue weighted by atomic mass is 9.87. The van der Waals surface area contributed by atoms with Crippen molar-refractivity contribution in [1.82, 2.24) is 4.90 Å². The first kappa shape index (κ1) is 9.51. The molecule has 0 aromatic heterocycles. The van der Waals surface area contributed by atoms with Crippen LogP contribution in [-0.4, -0.2) is 23.5 Å². The van der Waals surface area contributed by atoms with Gasteiger partial charge in [-0.25, -0.2) is 0 Å². The molecule has 0 amide bonds. The highest BCUT2D eigenvalue weighted by Gasteiger charge is 2.37. The summed E-state index contributed by atoms with van der Waals surface area (Å²) >= 11 is 0. The van der Waals surface area contributed by atoms with Crippen molar-refractivity contribution in [3.05, 3.63) is 0 Å². The molecule has 0 aromatic carbocycles. The molecule has 1 saturated carbocycles. The van der Waals surface area contributed by atoms with E-state index in [4.69, 9.17) is 0 Å². The molecule has 0 radical (unpaired) electrons. The summed E-state index contributed by atoms with van der Waals surface area (Å²) in [6, 6.07) is 1.89. The zero-order valence-corrected chi connectivity index (χ0v) is 9.34. The van der Waals surface area contributed by atoms with Crippen molar-refractivity contribution < 1.29 is 0 Å². The maximum Gasteiger partial charge on any atom is 0.0104 e. The smallest absolute Gasteiger partial charge is 0.0104 e. The van der Waals surface area contributed by atoms with Gasteiger partial charge in [0.15, 0.2) is 0 Å². The van der Waals surface area contributed by atoms with Crippen LogP contribution < -0.4 is 0 Å². The van der Waals surface area contributed by atoms with Gasteiger partial charge in [-0.05, 0) is 44.1 Å². The van der Waals surface area contributed by atoms with E-state index in [2.05, 4.69) is 25.7 Å². The van der Waals surface area contributed by atoms with E-state index in [1.54, 1.807) is 0 Å². The summed E-state index contributed by atoms with van der Waals surface area (Å²) in [4.78, 5) is 2.78. The van der Waals surface area contributed by atoms with Crippen molar-refractivity contribution in [1.29, 1.82) is 0 Å². The first-order chi connectivity index (χ1) is 6.06. The topological polar surface area (TPSA) is 3.24 Å². The highest BCUT2D eigenvalue weighted by Crippen LogP contribution is 2.37. The first-order valence-electron chi connectivity index (χ1n) is 5.82. The van der Waals surface area contributed by atoms with Crippen LogP contribution >= 0.6 is 0 Å². The highest BCUT2D eigenvalue weighted by molar-refractivity contribution is 4.93. The summed E-state index contributed by atoms with van der Waals surface area (Å²) in [6.07, 6.45) is 7.23. The van der Waals surface area contributed by atoms with Crippen molar-refractivity contribution in [2.45, 2.75) is 65.0 Å². The zero-order valence-electron chi connectivity index (χ0n) is 9.34. The second-order valence-corrected chi connectivity index (χ2v) is 6.03. The van der Waals surface area contributed by atoms with Crippen molar-refractivity contribution in [2.24, 2.45) is 5.41 Å². The Hall–Kier alpha value is -0.0400. The van der Waals surface area contributed by atoms with Crippen molar-refractivity contribution in [3.63, 3.8) is 0 Å². The number of likely N-dealkylation sites (tertiary alicyclic amines) is 1. The van der Waals surface area contributed by atoms with Gasteiger partial charge < -0.3 is 0 Å². The maximum absolute atomic E-state index is 2.78. The Morgan fingerprint density at radius 1 is 1.15 bits per heavy atom. The van der Waals surface area contributed by atoms with Gasteiger partial charge in [0.25, 0.3) is 0 Å². The van der Waals surface area contributed by atoms with Crippen LogP contribution in [0.3, 0.4) is 0 Å². The minimum Gasteiger partial charge on any atom is -0.297 e. The molecule has 76 valence electrons. The van der Waals surface area contributed by atoms with E-state index < -0.39 is 0 Å². The fourth-order valence-electron chi connectivity index (χ4n) is 2.67. The third-order valence-electron chi connectivity index (χ3n) is 3.29. The van der Waals surface area contributed by atoms with Gasteiger partial charge in [0, 0.05) is 12.1 Å². The minimum atomic E-state index is 0.516. The summed E-state index contributed by atoms with van der Waals surface area (Å²) in [5, 5.41) is 0. The molecule has 1 heterocycles. The van der Waals surface area contributed by atoms with Crippen molar-refractivity contribution >= 4 is 0 Å². The maximum atomic E-state index is 2.78. The molecule has 0 aromatic rings. The lowest BCUT2D eigenvalue weighted by Gasteiger charge is -2.30. The molecular weight excluding hydrogens is 158 g/mol. The predicted octanol–water partition coefficient (Wildman–Crippen LogP) is 3.05. The molecule has 1 heteroatoms. The summed E-state index contributed by atoms with van der Waals surface area (Å²) in [5.74, 6) is 0. The molecule has 13 heavy (non-hydrogen) atoms. The summed E-state index contributed by atoms with van der Waals surface area (Å²) in [5.41, 5.74) is 0.516. The predicted molar refractivity (Wildman–Crippen MR) is 56.8 cm³/mol. The van der Waals surface area contributed by atoms with Gasteiger partial charge >= 0.3 is 0 Å². The molecule has 0 spiro atoms. The second kappa shape index (κ2) is 3.27. The van der Waals surface area contributed by atoms with Gasteiger partial charge in [-0.2, -0.15) is 0 Å². The number of hydrogen-bond donors (Lipinski definition) is 0. The fraction of sp³-hybridized carbons (Fsp3) is 1.00. The van der Waals surface area contributed by atoms with Crippen LogP contribution in [0.4, 0.5) is 0 Å². The van der Waals surface area contributed by atoms with Crippen molar-refractivity contribution in [3.8, 4) is 0 Å². The summed E-state index contributed by atoms with van der Waals surface area (Å²) in [7, 11) is 0. The van der Waals surface area contributed by atoms with E-state index in [0.29, 0.717) is 5.41 Å². The molecule has 1 atom stereocenters. The third-order valence-corrected chi connectivity index (χ3v) is 3.29.